The van der Waals surface area contributed by atoms with E-state index in [4.69, 9.17) is 0 Å². The molecule has 0 bridgehead atoms. The highest BCUT2D eigenvalue weighted by molar-refractivity contribution is 5.18. The largest absolute Gasteiger partial charge is 0.393 e. The minimum absolute atomic E-state index is 0.0350. The third kappa shape index (κ3) is 2.00. The molecule has 0 aromatic heterocycles. The summed E-state index contributed by atoms with van der Waals surface area (Å²) >= 11 is 0. The van der Waals surface area contributed by atoms with Crippen molar-refractivity contribution in [3.8, 4) is 0 Å². The lowest BCUT2D eigenvalue weighted by Crippen LogP contribution is -2.56. The maximum absolute atomic E-state index is 11.1. The van der Waals surface area contributed by atoms with Crippen molar-refractivity contribution < 1.29 is 10.2 Å². The van der Waals surface area contributed by atoms with Crippen LogP contribution in [0.15, 0.2) is 12.7 Å². The highest BCUT2D eigenvalue weighted by Gasteiger charge is 2.63. The van der Waals surface area contributed by atoms with Crippen molar-refractivity contribution >= 4 is 0 Å². The average Bonchev–Trinajstić information content (AvgIpc) is 2.80. The van der Waals surface area contributed by atoms with Gasteiger partial charge < -0.3 is 10.2 Å². The van der Waals surface area contributed by atoms with E-state index >= 15 is 0 Å². The third-order valence-electron chi connectivity index (χ3n) is 9.19. The first-order chi connectivity index (χ1) is 10.8. The number of aliphatic hydroxyl groups is 2. The second kappa shape index (κ2) is 5.08. The molecular weight excluding hydrogens is 284 g/mol. The van der Waals surface area contributed by atoms with E-state index in [-0.39, 0.29) is 11.5 Å². The summed E-state index contributed by atoms with van der Waals surface area (Å²) in [5.74, 6) is 2.96. The van der Waals surface area contributed by atoms with Crippen molar-refractivity contribution in [2.45, 2.75) is 83.3 Å². The second-order valence-corrected chi connectivity index (χ2v) is 9.71. The van der Waals surface area contributed by atoms with Crippen molar-refractivity contribution in [1.29, 1.82) is 0 Å². The van der Waals surface area contributed by atoms with Crippen molar-refractivity contribution in [3.05, 3.63) is 12.7 Å². The van der Waals surface area contributed by atoms with Gasteiger partial charge in [0.1, 0.15) is 0 Å². The van der Waals surface area contributed by atoms with Gasteiger partial charge in [0.25, 0.3) is 0 Å². The summed E-state index contributed by atoms with van der Waals surface area (Å²) in [5.41, 5.74) is -0.186. The van der Waals surface area contributed by atoms with Gasteiger partial charge in [-0.2, -0.15) is 0 Å². The molecule has 0 saturated heterocycles. The molecule has 0 aliphatic heterocycles. The van der Waals surface area contributed by atoms with Crippen LogP contribution < -0.4 is 0 Å². The molecule has 8 atom stereocenters. The summed E-state index contributed by atoms with van der Waals surface area (Å²) in [7, 11) is 0. The van der Waals surface area contributed by atoms with Gasteiger partial charge in [-0.05, 0) is 86.9 Å². The highest BCUT2D eigenvalue weighted by Crippen LogP contribution is 2.68. The molecule has 2 N–H and O–H groups in total. The molecule has 4 saturated carbocycles. The molecule has 4 rings (SSSR count). The van der Waals surface area contributed by atoms with E-state index in [0.29, 0.717) is 11.3 Å². The van der Waals surface area contributed by atoms with Gasteiger partial charge in [0.2, 0.25) is 0 Å². The molecule has 2 nitrogen and oxygen atoms in total. The Hall–Kier alpha value is -0.340. The molecular formula is C21H34O2. The molecule has 0 heterocycles. The Labute approximate surface area is 141 Å². The Balaban J connectivity index is 1.64. The lowest BCUT2D eigenvalue weighted by Gasteiger charge is -2.61. The number of aliphatic hydroxyl groups excluding tert-OH is 1. The summed E-state index contributed by atoms with van der Waals surface area (Å²) in [6, 6.07) is 0. The highest BCUT2D eigenvalue weighted by atomic mass is 16.3. The van der Waals surface area contributed by atoms with Crippen LogP contribution >= 0.6 is 0 Å². The van der Waals surface area contributed by atoms with E-state index in [9.17, 15) is 10.2 Å². The summed E-state index contributed by atoms with van der Waals surface area (Å²) in [4.78, 5) is 0. The van der Waals surface area contributed by atoms with Crippen LogP contribution in [0.25, 0.3) is 0 Å². The Morgan fingerprint density at radius 1 is 0.957 bits per heavy atom. The molecule has 0 aromatic rings. The van der Waals surface area contributed by atoms with Gasteiger partial charge in [0.05, 0.1) is 11.7 Å². The molecule has 0 spiro atoms. The van der Waals surface area contributed by atoms with Gasteiger partial charge in [-0.3, -0.25) is 0 Å². The van der Waals surface area contributed by atoms with Crippen LogP contribution in [0.1, 0.15) is 71.6 Å². The molecule has 130 valence electrons. The first kappa shape index (κ1) is 16.1. The zero-order chi connectivity index (χ0) is 16.5. The maximum atomic E-state index is 11.1. The fourth-order valence-electron chi connectivity index (χ4n) is 7.62. The van der Waals surface area contributed by atoms with Crippen LogP contribution in [-0.4, -0.2) is 21.9 Å². The van der Waals surface area contributed by atoms with Gasteiger partial charge >= 0.3 is 0 Å². The van der Waals surface area contributed by atoms with E-state index in [0.717, 1.165) is 43.4 Å². The zero-order valence-electron chi connectivity index (χ0n) is 14.9. The SMILES string of the molecule is C=CC1(O)CCC2C3CCC4CC(O)CCC4(C)C3CCC21C. The summed E-state index contributed by atoms with van der Waals surface area (Å²) in [6.45, 7) is 8.82. The van der Waals surface area contributed by atoms with E-state index in [2.05, 4.69) is 20.4 Å². The first-order valence-electron chi connectivity index (χ1n) is 9.88. The minimum Gasteiger partial charge on any atom is -0.393 e. The summed E-state index contributed by atoms with van der Waals surface area (Å²) in [6.07, 6.45) is 12.1. The van der Waals surface area contributed by atoms with Crippen molar-refractivity contribution in [1.82, 2.24) is 0 Å². The predicted molar refractivity (Wildman–Crippen MR) is 92.9 cm³/mol. The quantitative estimate of drug-likeness (QED) is 0.707. The van der Waals surface area contributed by atoms with E-state index in [1.54, 1.807) is 0 Å². The Morgan fingerprint density at radius 2 is 1.70 bits per heavy atom. The van der Waals surface area contributed by atoms with Crippen LogP contribution in [-0.2, 0) is 0 Å². The number of hydrogen-bond acceptors (Lipinski definition) is 2. The Bertz CT molecular complexity index is 502. The topological polar surface area (TPSA) is 40.5 Å². The van der Waals surface area contributed by atoms with Crippen LogP contribution in [0.4, 0.5) is 0 Å². The molecule has 0 amide bonds. The fraction of sp³-hybridized carbons (Fsp3) is 0.905. The van der Waals surface area contributed by atoms with Gasteiger partial charge in [-0.25, -0.2) is 0 Å². The third-order valence-corrected chi connectivity index (χ3v) is 9.19. The average molecular weight is 319 g/mol. The van der Waals surface area contributed by atoms with Gasteiger partial charge in [-0.1, -0.05) is 19.9 Å². The molecule has 8 unspecified atom stereocenters. The molecule has 0 aromatic carbocycles. The van der Waals surface area contributed by atoms with Gasteiger partial charge in [0, 0.05) is 5.41 Å². The van der Waals surface area contributed by atoms with Crippen molar-refractivity contribution in [2.24, 2.45) is 34.5 Å². The molecule has 4 aliphatic carbocycles. The van der Waals surface area contributed by atoms with Gasteiger partial charge in [0.15, 0.2) is 0 Å². The van der Waals surface area contributed by atoms with Gasteiger partial charge in [-0.15, -0.1) is 6.58 Å². The Kier molecular flexibility index (Phi) is 3.57. The number of hydrogen-bond donors (Lipinski definition) is 2. The summed E-state index contributed by atoms with van der Waals surface area (Å²) < 4.78 is 0. The van der Waals surface area contributed by atoms with Crippen LogP contribution in [0.5, 0.6) is 0 Å². The van der Waals surface area contributed by atoms with Crippen LogP contribution in [0, 0.1) is 34.5 Å². The lowest BCUT2D eigenvalue weighted by atomic mass is 9.44. The minimum atomic E-state index is -0.650. The van der Waals surface area contributed by atoms with Crippen LogP contribution in [0.2, 0.25) is 0 Å². The summed E-state index contributed by atoms with van der Waals surface area (Å²) in [5, 5.41) is 21.2. The van der Waals surface area contributed by atoms with E-state index in [1.165, 1.54) is 32.1 Å². The molecule has 0 radical (unpaired) electrons. The second-order valence-electron chi connectivity index (χ2n) is 9.71. The van der Waals surface area contributed by atoms with Crippen molar-refractivity contribution in [2.75, 3.05) is 0 Å². The van der Waals surface area contributed by atoms with E-state index in [1.807, 2.05) is 6.08 Å². The maximum Gasteiger partial charge on any atom is 0.0881 e. The van der Waals surface area contributed by atoms with Crippen molar-refractivity contribution in [3.63, 3.8) is 0 Å². The monoisotopic (exact) mass is 318 g/mol. The Morgan fingerprint density at radius 3 is 2.43 bits per heavy atom. The smallest absolute Gasteiger partial charge is 0.0881 e. The fourth-order valence-corrected chi connectivity index (χ4v) is 7.62. The molecule has 23 heavy (non-hydrogen) atoms. The molecule has 4 aliphatic rings. The molecule has 2 heteroatoms. The standard InChI is InChI=1S/C21H34O2/c1-4-21(23)12-9-18-16-6-5-14-13-15(22)7-10-19(14,2)17(16)8-11-20(18,21)3/h4,14-18,22-23H,1,5-13H2,2-3H3. The van der Waals surface area contributed by atoms with E-state index < -0.39 is 5.60 Å². The predicted octanol–water partition coefficient (Wildman–Crippen LogP) is 4.31. The normalized spacial score (nSPS) is 58.9. The number of fused-ring (bicyclic) bond motifs is 5. The lowest BCUT2D eigenvalue weighted by molar-refractivity contribution is -0.146. The molecule has 4 fully saturated rings. The zero-order valence-corrected chi connectivity index (χ0v) is 14.9. The first-order valence-corrected chi connectivity index (χ1v) is 9.88. The van der Waals surface area contributed by atoms with Crippen LogP contribution in [0.3, 0.4) is 0 Å². The number of rotatable bonds is 1.